The number of aromatic amines is 1. The number of nitrogens with one attached hydrogen (secondary N) is 2. The van der Waals surface area contributed by atoms with Gasteiger partial charge in [0, 0.05) is 30.4 Å². The molecule has 24 heavy (non-hydrogen) atoms. The van der Waals surface area contributed by atoms with Crippen LogP contribution in [0.25, 0.3) is 11.3 Å². The summed E-state index contributed by atoms with van der Waals surface area (Å²) in [4.78, 5) is 16.0. The van der Waals surface area contributed by atoms with E-state index in [0.29, 0.717) is 24.2 Å². The lowest BCUT2D eigenvalue weighted by Gasteiger charge is -2.02. The molecular weight excluding hydrogens is 302 g/mol. The third-order valence-corrected chi connectivity index (χ3v) is 3.56. The van der Waals surface area contributed by atoms with E-state index in [1.54, 1.807) is 30.6 Å². The van der Waals surface area contributed by atoms with Crippen LogP contribution in [0, 0.1) is 11.3 Å². The van der Waals surface area contributed by atoms with Crippen molar-refractivity contribution in [2.75, 3.05) is 5.32 Å². The highest BCUT2D eigenvalue weighted by Crippen LogP contribution is 2.18. The summed E-state index contributed by atoms with van der Waals surface area (Å²) in [5.41, 5.74) is 3.40. The molecule has 1 amide bonds. The number of carbonyl (C=O) groups is 1. The Morgan fingerprint density at radius 1 is 1.17 bits per heavy atom. The van der Waals surface area contributed by atoms with E-state index in [1.807, 2.05) is 24.3 Å². The van der Waals surface area contributed by atoms with Crippen LogP contribution in [0.15, 0.2) is 54.9 Å². The molecule has 6 heteroatoms. The first-order chi connectivity index (χ1) is 11.7. The van der Waals surface area contributed by atoms with Crippen LogP contribution in [0.3, 0.4) is 0 Å². The van der Waals surface area contributed by atoms with E-state index in [9.17, 15) is 4.79 Å². The molecule has 0 bridgehead atoms. The predicted octanol–water partition coefficient (Wildman–Crippen LogP) is 2.91. The zero-order valence-electron chi connectivity index (χ0n) is 12.9. The van der Waals surface area contributed by atoms with Gasteiger partial charge in [0.15, 0.2) is 5.82 Å². The Morgan fingerprint density at radius 2 is 1.92 bits per heavy atom. The Labute approximate surface area is 139 Å². The Bertz CT molecular complexity index is 862. The predicted molar refractivity (Wildman–Crippen MR) is 89.9 cm³/mol. The monoisotopic (exact) mass is 317 g/mol. The van der Waals surface area contributed by atoms with Crippen LogP contribution < -0.4 is 5.32 Å². The highest BCUT2D eigenvalue weighted by molar-refractivity contribution is 5.90. The van der Waals surface area contributed by atoms with Crippen molar-refractivity contribution in [3.05, 3.63) is 66.0 Å². The number of hydrogen-bond acceptors (Lipinski definition) is 4. The number of benzene rings is 1. The van der Waals surface area contributed by atoms with Crippen LogP contribution >= 0.6 is 0 Å². The van der Waals surface area contributed by atoms with Gasteiger partial charge < -0.3 is 5.32 Å². The number of amides is 1. The number of rotatable bonds is 5. The minimum Gasteiger partial charge on any atom is -0.309 e. The molecule has 0 saturated carbocycles. The highest BCUT2D eigenvalue weighted by atomic mass is 16.1. The third kappa shape index (κ3) is 3.84. The van der Waals surface area contributed by atoms with Gasteiger partial charge in [0.25, 0.3) is 0 Å². The number of carbonyl (C=O) groups excluding carboxylic acids is 1. The van der Waals surface area contributed by atoms with Crippen molar-refractivity contribution in [1.29, 1.82) is 5.26 Å². The maximum Gasteiger partial charge on any atom is 0.225 e. The number of hydrogen-bond donors (Lipinski definition) is 2. The van der Waals surface area contributed by atoms with E-state index >= 15 is 0 Å². The smallest absolute Gasteiger partial charge is 0.225 e. The van der Waals surface area contributed by atoms with Crippen molar-refractivity contribution >= 4 is 11.7 Å². The summed E-state index contributed by atoms with van der Waals surface area (Å²) in [7, 11) is 0. The standard InChI is InChI=1S/C18H15N5O/c19-12-14-3-1-13(2-4-14)5-6-18(24)21-17-11-16(22-23-17)15-7-9-20-10-8-15/h1-4,7-11H,5-6H2,(H2,21,22,23,24). The number of pyridine rings is 1. The second kappa shape index (κ2) is 7.20. The molecule has 6 nitrogen and oxygen atoms in total. The topological polar surface area (TPSA) is 94.5 Å². The first-order valence-electron chi connectivity index (χ1n) is 7.49. The molecule has 118 valence electrons. The number of nitrogens with zero attached hydrogens (tertiary/aromatic N) is 3. The Morgan fingerprint density at radius 3 is 2.62 bits per heavy atom. The van der Waals surface area contributed by atoms with Gasteiger partial charge in [0.1, 0.15) is 0 Å². The largest absolute Gasteiger partial charge is 0.309 e. The van der Waals surface area contributed by atoms with Crippen molar-refractivity contribution in [2.24, 2.45) is 0 Å². The molecule has 2 heterocycles. The van der Waals surface area contributed by atoms with E-state index in [2.05, 4.69) is 26.6 Å². The number of aryl methyl sites for hydroxylation is 1. The first-order valence-corrected chi connectivity index (χ1v) is 7.49. The maximum absolute atomic E-state index is 12.0. The lowest BCUT2D eigenvalue weighted by molar-refractivity contribution is -0.116. The Hall–Kier alpha value is -3.46. The van der Waals surface area contributed by atoms with E-state index < -0.39 is 0 Å². The maximum atomic E-state index is 12.0. The average molecular weight is 317 g/mol. The Kier molecular flexibility index (Phi) is 4.63. The van der Waals surface area contributed by atoms with Gasteiger partial charge in [-0.2, -0.15) is 10.4 Å². The number of nitriles is 1. The number of anilines is 1. The van der Waals surface area contributed by atoms with Gasteiger partial charge in [-0.05, 0) is 36.2 Å². The summed E-state index contributed by atoms with van der Waals surface area (Å²) in [6.45, 7) is 0. The number of aromatic nitrogens is 3. The molecule has 0 spiro atoms. The molecule has 0 fully saturated rings. The van der Waals surface area contributed by atoms with Crippen LogP contribution in [0.5, 0.6) is 0 Å². The van der Waals surface area contributed by atoms with Crippen LogP contribution in [0.1, 0.15) is 17.5 Å². The molecule has 2 aromatic heterocycles. The van der Waals surface area contributed by atoms with E-state index in [4.69, 9.17) is 5.26 Å². The second-order valence-electron chi connectivity index (χ2n) is 5.26. The van der Waals surface area contributed by atoms with Crippen molar-refractivity contribution in [3.8, 4) is 17.3 Å². The van der Waals surface area contributed by atoms with Crippen LogP contribution in [0.2, 0.25) is 0 Å². The molecule has 0 radical (unpaired) electrons. The molecule has 0 unspecified atom stereocenters. The summed E-state index contributed by atoms with van der Waals surface area (Å²) in [5.74, 6) is 0.388. The molecule has 1 aromatic carbocycles. The molecular formula is C18H15N5O. The van der Waals surface area contributed by atoms with Crippen molar-refractivity contribution in [2.45, 2.75) is 12.8 Å². The van der Waals surface area contributed by atoms with Crippen molar-refractivity contribution < 1.29 is 4.79 Å². The molecule has 0 aliphatic heterocycles. The summed E-state index contributed by atoms with van der Waals surface area (Å²) in [6.07, 6.45) is 4.36. The first kappa shape index (κ1) is 15.4. The summed E-state index contributed by atoms with van der Waals surface area (Å²) >= 11 is 0. The van der Waals surface area contributed by atoms with Gasteiger partial charge in [-0.25, -0.2) is 0 Å². The molecule has 3 rings (SSSR count). The van der Waals surface area contributed by atoms with Crippen LogP contribution in [-0.4, -0.2) is 21.1 Å². The summed E-state index contributed by atoms with van der Waals surface area (Å²) in [6, 6.07) is 14.8. The molecule has 0 atom stereocenters. The average Bonchev–Trinajstić information content (AvgIpc) is 3.09. The fourth-order valence-electron chi connectivity index (χ4n) is 2.27. The molecule has 3 aromatic rings. The van der Waals surface area contributed by atoms with Gasteiger partial charge >= 0.3 is 0 Å². The van der Waals surface area contributed by atoms with Crippen LogP contribution in [0.4, 0.5) is 5.82 Å². The van der Waals surface area contributed by atoms with Crippen molar-refractivity contribution in [1.82, 2.24) is 15.2 Å². The van der Waals surface area contributed by atoms with Gasteiger partial charge in [-0.1, -0.05) is 12.1 Å². The number of H-pyrrole nitrogens is 1. The lowest BCUT2D eigenvalue weighted by atomic mass is 10.1. The normalized spacial score (nSPS) is 10.1. The van der Waals surface area contributed by atoms with Gasteiger partial charge in [-0.3, -0.25) is 14.9 Å². The fourth-order valence-corrected chi connectivity index (χ4v) is 2.27. The quantitative estimate of drug-likeness (QED) is 0.756. The zero-order valence-corrected chi connectivity index (χ0v) is 12.9. The molecule has 2 N–H and O–H groups in total. The van der Waals surface area contributed by atoms with E-state index in [-0.39, 0.29) is 5.91 Å². The summed E-state index contributed by atoms with van der Waals surface area (Å²) < 4.78 is 0. The molecule has 0 saturated heterocycles. The van der Waals surface area contributed by atoms with Gasteiger partial charge in [0.2, 0.25) is 5.91 Å². The van der Waals surface area contributed by atoms with Crippen LogP contribution in [-0.2, 0) is 11.2 Å². The molecule has 0 aliphatic carbocycles. The minimum absolute atomic E-state index is 0.105. The minimum atomic E-state index is -0.105. The summed E-state index contributed by atoms with van der Waals surface area (Å²) in [5, 5.41) is 18.5. The molecule has 0 aliphatic rings. The zero-order chi connectivity index (χ0) is 16.8. The van der Waals surface area contributed by atoms with E-state index in [1.165, 1.54) is 0 Å². The highest BCUT2D eigenvalue weighted by Gasteiger charge is 2.07. The van der Waals surface area contributed by atoms with Gasteiger partial charge in [-0.15, -0.1) is 0 Å². The lowest BCUT2D eigenvalue weighted by Crippen LogP contribution is -2.12. The fraction of sp³-hybridized carbons (Fsp3) is 0.111. The Balaban J connectivity index is 1.55. The van der Waals surface area contributed by atoms with E-state index in [0.717, 1.165) is 16.8 Å². The SMILES string of the molecule is N#Cc1ccc(CCC(=O)Nc2cc(-c3ccncc3)[nH]n2)cc1. The third-order valence-electron chi connectivity index (χ3n) is 3.56. The second-order valence-corrected chi connectivity index (χ2v) is 5.26. The van der Waals surface area contributed by atoms with Crippen molar-refractivity contribution in [3.63, 3.8) is 0 Å². The van der Waals surface area contributed by atoms with Gasteiger partial charge in [0.05, 0.1) is 17.3 Å².